The van der Waals surface area contributed by atoms with E-state index in [9.17, 15) is 0 Å². The lowest BCUT2D eigenvalue weighted by atomic mass is 10.2. The van der Waals surface area contributed by atoms with Crippen molar-refractivity contribution in [3.8, 4) is 11.5 Å². The van der Waals surface area contributed by atoms with Gasteiger partial charge >= 0.3 is 0 Å². The molecule has 2 heterocycles. The van der Waals surface area contributed by atoms with Gasteiger partial charge in [-0.15, -0.1) is 11.3 Å². The van der Waals surface area contributed by atoms with Gasteiger partial charge in [0.1, 0.15) is 11.5 Å². The summed E-state index contributed by atoms with van der Waals surface area (Å²) in [6.07, 6.45) is 3.00. The second kappa shape index (κ2) is 10.5. The van der Waals surface area contributed by atoms with Crippen LogP contribution in [0.4, 0.5) is 0 Å². The van der Waals surface area contributed by atoms with Crippen LogP contribution in [-0.4, -0.2) is 55.7 Å². The molecule has 1 fully saturated rings. The van der Waals surface area contributed by atoms with Gasteiger partial charge in [-0.2, -0.15) is 0 Å². The third kappa shape index (κ3) is 6.33. The molecule has 8 heteroatoms. The quantitative estimate of drug-likeness (QED) is 0.508. The number of nitrogens with one attached hydrogen (secondary N) is 2. The van der Waals surface area contributed by atoms with Gasteiger partial charge in [-0.05, 0) is 38.0 Å². The highest BCUT2D eigenvalue weighted by Gasteiger charge is 2.23. The SMILES string of the molecule is CCNC(=NCc1cnc(C)s1)NC1CCN(Cc2cc(OC)cc(OC)c2)C1. The minimum absolute atomic E-state index is 0.378. The van der Waals surface area contributed by atoms with E-state index in [4.69, 9.17) is 14.5 Å². The first-order chi connectivity index (χ1) is 14.1. The summed E-state index contributed by atoms with van der Waals surface area (Å²) in [5, 5.41) is 8.02. The van der Waals surface area contributed by atoms with Gasteiger partial charge in [0, 0.05) is 49.4 Å². The standard InChI is InChI=1S/C21H31N5O2S/c1-5-22-21(24-12-20-11-23-15(2)29-20)25-17-6-7-26(14-17)13-16-8-18(27-3)10-19(9-16)28-4/h8-11,17H,5-7,12-14H2,1-4H3,(H2,22,24,25). The molecular weight excluding hydrogens is 386 g/mol. The highest BCUT2D eigenvalue weighted by Crippen LogP contribution is 2.24. The lowest BCUT2D eigenvalue weighted by molar-refractivity contribution is 0.321. The molecule has 1 aromatic heterocycles. The van der Waals surface area contributed by atoms with E-state index in [1.807, 2.05) is 19.2 Å². The lowest BCUT2D eigenvalue weighted by Gasteiger charge is -2.19. The molecule has 1 aliphatic heterocycles. The normalized spacial score (nSPS) is 17.4. The highest BCUT2D eigenvalue weighted by molar-refractivity contribution is 7.11. The summed E-state index contributed by atoms with van der Waals surface area (Å²) in [6, 6.07) is 6.43. The van der Waals surface area contributed by atoms with Crippen LogP contribution in [0.5, 0.6) is 11.5 Å². The molecule has 29 heavy (non-hydrogen) atoms. The van der Waals surface area contributed by atoms with Crippen molar-refractivity contribution < 1.29 is 9.47 Å². The van der Waals surface area contributed by atoms with Crippen LogP contribution in [0.2, 0.25) is 0 Å². The van der Waals surface area contributed by atoms with E-state index in [0.717, 1.165) is 55.1 Å². The zero-order chi connectivity index (χ0) is 20.6. The van der Waals surface area contributed by atoms with Crippen LogP contribution in [0, 0.1) is 6.92 Å². The van der Waals surface area contributed by atoms with Gasteiger partial charge in [-0.1, -0.05) is 0 Å². The summed E-state index contributed by atoms with van der Waals surface area (Å²) in [4.78, 5) is 12.7. The van der Waals surface area contributed by atoms with Crippen LogP contribution in [-0.2, 0) is 13.1 Å². The molecule has 1 atom stereocenters. The number of guanidine groups is 1. The van der Waals surface area contributed by atoms with Crippen molar-refractivity contribution in [2.24, 2.45) is 4.99 Å². The number of benzene rings is 1. The molecular formula is C21H31N5O2S. The Morgan fingerprint density at radius 2 is 2.03 bits per heavy atom. The number of aromatic nitrogens is 1. The van der Waals surface area contributed by atoms with Crippen molar-refractivity contribution in [1.29, 1.82) is 0 Å². The maximum atomic E-state index is 5.39. The first-order valence-corrected chi connectivity index (χ1v) is 10.8. The molecule has 0 amide bonds. The minimum Gasteiger partial charge on any atom is -0.497 e. The summed E-state index contributed by atoms with van der Waals surface area (Å²) in [7, 11) is 3.37. The van der Waals surface area contributed by atoms with E-state index < -0.39 is 0 Å². The molecule has 1 unspecified atom stereocenters. The fourth-order valence-electron chi connectivity index (χ4n) is 3.46. The van der Waals surface area contributed by atoms with Gasteiger partial charge < -0.3 is 20.1 Å². The highest BCUT2D eigenvalue weighted by atomic mass is 32.1. The minimum atomic E-state index is 0.378. The van der Waals surface area contributed by atoms with E-state index in [-0.39, 0.29) is 0 Å². The number of hydrogen-bond donors (Lipinski definition) is 2. The molecule has 158 valence electrons. The van der Waals surface area contributed by atoms with Crippen LogP contribution < -0.4 is 20.1 Å². The predicted molar refractivity (Wildman–Crippen MR) is 118 cm³/mol. The molecule has 1 saturated heterocycles. The topological polar surface area (TPSA) is 71.0 Å². The number of hydrogen-bond acceptors (Lipinski definition) is 6. The number of thiazole rings is 1. The Morgan fingerprint density at radius 1 is 1.28 bits per heavy atom. The van der Waals surface area contributed by atoms with Gasteiger partial charge in [0.15, 0.2) is 5.96 Å². The molecule has 2 N–H and O–H groups in total. The monoisotopic (exact) mass is 417 g/mol. The molecule has 0 bridgehead atoms. The Bertz CT molecular complexity index is 801. The Morgan fingerprint density at radius 3 is 2.66 bits per heavy atom. The maximum absolute atomic E-state index is 5.39. The lowest BCUT2D eigenvalue weighted by Crippen LogP contribution is -2.44. The summed E-state index contributed by atoms with van der Waals surface area (Å²) in [6.45, 7) is 8.50. The molecule has 0 aliphatic carbocycles. The first kappa shape index (κ1) is 21.4. The summed E-state index contributed by atoms with van der Waals surface area (Å²) < 4.78 is 10.8. The number of ether oxygens (including phenoxy) is 2. The summed E-state index contributed by atoms with van der Waals surface area (Å²) >= 11 is 1.70. The van der Waals surface area contributed by atoms with Gasteiger partial charge in [0.05, 0.1) is 25.8 Å². The van der Waals surface area contributed by atoms with Crippen LogP contribution in [0.3, 0.4) is 0 Å². The van der Waals surface area contributed by atoms with Gasteiger partial charge in [-0.25, -0.2) is 9.98 Å². The van der Waals surface area contributed by atoms with Gasteiger partial charge in [0.2, 0.25) is 0 Å². The average molecular weight is 418 g/mol. The number of aliphatic imine (C=N–C) groups is 1. The largest absolute Gasteiger partial charge is 0.497 e. The number of rotatable bonds is 8. The molecule has 1 aliphatic rings. The smallest absolute Gasteiger partial charge is 0.191 e. The van der Waals surface area contributed by atoms with E-state index in [1.165, 1.54) is 10.4 Å². The Hall–Kier alpha value is -2.32. The van der Waals surface area contributed by atoms with Crippen LogP contribution >= 0.6 is 11.3 Å². The number of likely N-dealkylation sites (tertiary alicyclic amines) is 1. The zero-order valence-electron chi connectivity index (χ0n) is 17.7. The third-order valence-corrected chi connectivity index (χ3v) is 5.73. The first-order valence-electron chi connectivity index (χ1n) is 10.00. The van der Waals surface area contributed by atoms with Crippen LogP contribution in [0.1, 0.15) is 28.8 Å². The van der Waals surface area contributed by atoms with E-state index in [0.29, 0.717) is 12.6 Å². The molecule has 0 saturated carbocycles. The average Bonchev–Trinajstić information content (AvgIpc) is 3.34. The molecule has 1 aromatic carbocycles. The Kier molecular flexibility index (Phi) is 7.71. The molecule has 7 nitrogen and oxygen atoms in total. The molecule has 0 radical (unpaired) electrons. The van der Waals surface area contributed by atoms with Crippen molar-refractivity contribution in [3.63, 3.8) is 0 Å². The number of aryl methyl sites for hydroxylation is 1. The summed E-state index contributed by atoms with van der Waals surface area (Å²) in [5.41, 5.74) is 1.20. The van der Waals surface area contributed by atoms with Crippen molar-refractivity contribution in [1.82, 2.24) is 20.5 Å². The Labute approximate surface area is 177 Å². The van der Waals surface area contributed by atoms with Crippen LogP contribution in [0.25, 0.3) is 0 Å². The van der Waals surface area contributed by atoms with E-state index in [2.05, 4.69) is 39.6 Å². The molecule has 3 rings (SSSR count). The fraction of sp³-hybridized carbons (Fsp3) is 0.524. The van der Waals surface area contributed by atoms with Crippen molar-refractivity contribution in [2.45, 2.75) is 39.4 Å². The van der Waals surface area contributed by atoms with Gasteiger partial charge in [0.25, 0.3) is 0 Å². The Balaban J connectivity index is 1.56. The van der Waals surface area contributed by atoms with Crippen molar-refractivity contribution >= 4 is 17.3 Å². The second-order valence-corrected chi connectivity index (χ2v) is 8.45. The number of methoxy groups -OCH3 is 2. The fourth-order valence-corrected chi connectivity index (χ4v) is 4.18. The van der Waals surface area contributed by atoms with Crippen LogP contribution in [0.15, 0.2) is 29.4 Å². The second-order valence-electron chi connectivity index (χ2n) is 7.13. The van der Waals surface area contributed by atoms with E-state index in [1.54, 1.807) is 25.6 Å². The third-order valence-electron chi connectivity index (χ3n) is 4.84. The van der Waals surface area contributed by atoms with E-state index >= 15 is 0 Å². The number of nitrogens with zero attached hydrogens (tertiary/aromatic N) is 3. The maximum Gasteiger partial charge on any atom is 0.191 e. The van der Waals surface area contributed by atoms with Gasteiger partial charge in [-0.3, -0.25) is 4.90 Å². The van der Waals surface area contributed by atoms with Crippen molar-refractivity contribution in [2.75, 3.05) is 33.9 Å². The predicted octanol–water partition coefficient (Wildman–Crippen LogP) is 2.80. The van der Waals surface area contributed by atoms with Crippen molar-refractivity contribution in [3.05, 3.63) is 39.8 Å². The summed E-state index contributed by atoms with van der Waals surface area (Å²) in [5.74, 6) is 2.52. The molecule has 0 spiro atoms. The molecule has 2 aromatic rings. The zero-order valence-corrected chi connectivity index (χ0v) is 18.5.